The van der Waals surface area contributed by atoms with Crippen molar-refractivity contribution in [1.82, 2.24) is 15.1 Å². The quantitative estimate of drug-likeness (QED) is 0.0572. The van der Waals surface area contributed by atoms with E-state index < -0.39 is 11.9 Å². The Labute approximate surface area is 320 Å². The van der Waals surface area contributed by atoms with Gasteiger partial charge in [0.1, 0.15) is 24.1 Å². The Morgan fingerprint density at radius 3 is 2.31 bits per heavy atom. The van der Waals surface area contributed by atoms with Crippen LogP contribution in [0.2, 0.25) is 0 Å². The van der Waals surface area contributed by atoms with Crippen LogP contribution in [-0.4, -0.2) is 83.7 Å². The van der Waals surface area contributed by atoms with E-state index in [9.17, 15) is 24.3 Å². The van der Waals surface area contributed by atoms with Gasteiger partial charge in [0.15, 0.2) is 0 Å². The maximum atomic E-state index is 13.1. The number of allylic oxidation sites excluding steroid dienone is 1. The van der Waals surface area contributed by atoms with Gasteiger partial charge in [0.2, 0.25) is 17.7 Å². The summed E-state index contributed by atoms with van der Waals surface area (Å²) >= 11 is 1.57. The van der Waals surface area contributed by atoms with Crippen LogP contribution in [0.5, 0.6) is 11.5 Å². The monoisotopic (exact) mass is 747 g/mol. The third-order valence-corrected chi connectivity index (χ3v) is 10.7. The number of fused-ring (bicyclic) bond motifs is 1. The lowest BCUT2D eigenvalue weighted by molar-refractivity contribution is -0.137. The fourth-order valence-corrected chi connectivity index (χ4v) is 7.75. The highest BCUT2D eigenvalue weighted by Crippen LogP contribution is 2.36. The predicted octanol–water partition coefficient (Wildman–Crippen LogP) is 6.56. The summed E-state index contributed by atoms with van der Waals surface area (Å²) in [5.74, 6) is 0.609. The van der Waals surface area contributed by atoms with Crippen LogP contribution in [0.15, 0.2) is 102 Å². The Morgan fingerprint density at radius 1 is 0.889 bits per heavy atom. The molecule has 1 unspecified atom stereocenters. The fraction of sp³-hybridized carbons (Fsp3) is 0.302. The highest BCUT2D eigenvalue weighted by atomic mass is 32.2. The number of hydrogen-bond donors (Lipinski definition) is 2. The van der Waals surface area contributed by atoms with Crippen molar-refractivity contribution < 1.29 is 33.8 Å². The number of phenols is 1. The molecule has 4 aromatic rings. The lowest BCUT2D eigenvalue weighted by Crippen LogP contribution is -2.52. The molecular formula is C43H45N3O7S. The number of ether oxygens (including phenoxy) is 2. The molecule has 2 aliphatic rings. The molecule has 10 nitrogen and oxygen atoms in total. The first-order valence-corrected chi connectivity index (χ1v) is 19.2. The fourth-order valence-electron chi connectivity index (χ4n) is 6.81. The molecule has 4 aromatic carbocycles. The number of hydrogen-bond acceptors (Lipinski definition) is 8. The van der Waals surface area contributed by atoms with Crippen molar-refractivity contribution >= 4 is 46.5 Å². The normalized spacial score (nSPS) is 15.8. The molecule has 1 saturated heterocycles. The number of benzene rings is 4. The van der Waals surface area contributed by atoms with Crippen LogP contribution in [-0.2, 0) is 25.7 Å². The van der Waals surface area contributed by atoms with Gasteiger partial charge >= 0.3 is 0 Å². The molecule has 0 aliphatic carbocycles. The zero-order valence-electron chi connectivity index (χ0n) is 30.6. The molecule has 2 N–H and O–H groups in total. The predicted molar refractivity (Wildman–Crippen MR) is 209 cm³/mol. The molecule has 0 bridgehead atoms. The van der Waals surface area contributed by atoms with E-state index >= 15 is 0 Å². The molecule has 1 fully saturated rings. The maximum Gasteiger partial charge on any atom is 0.255 e. The molecule has 2 heterocycles. The summed E-state index contributed by atoms with van der Waals surface area (Å²) in [6.07, 6.45) is 1.62. The molecular weight excluding hydrogens is 703 g/mol. The zero-order chi connectivity index (χ0) is 38.0. The van der Waals surface area contributed by atoms with Crippen molar-refractivity contribution in [2.45, 2.75) is 50.1 Å². The van der Waals surface area contributed by atoms with Crippen LogP contribution >= 0.6 is 11.8 Å². The van der Waals surface area contributed by atoms with Crippen LogP contribution in [0.3, 0.4) is 0 Å². The number of nitrogens with one attached hydrogen (secondary N) is 1. The minimum Gasteiger partial charge on any atom is -0.508 e. The minimum absolute atomic E-state index is 0.0359. The van der Waals surface area contributed by atoms with Gasteiger partial charge in [-0.25, -0.2) is 0 Å². The van der Waals surface area contributed by atoms with Crippen molar-refractivity contribution in [3.8, 4) is 11.5 Å². The number of imide groups is 1. The summed E-state index contributed by atoms with van der Waals surface area (Å²) < 4.78 is 11.8. The lowest BCUT2D eigenvalue weighted by atomic mass is 9.88. The Hall–Kier alpha value is -5.39. The van der Waals surface area contributed by atoms with Gasteiger partial charge < -0.3 is 24.4 Å². The summed E-state index contributed by atoms with van der Waals surface area (Å²) in [6.45, 7) is 3.97. The number of carbonyl (C=O) groups is 4. The molecule has 0 spiro atoms. The van der Waals surface area contributed by atoms with Gasteiger partial charge in [-0.15, -0.1) is 11.8 Å². The average molecular weight is 748 g/mol. The molecule has 280 valence electrons. The smallest absolute Gasteiger partial charge is 0.255 e. The zero-order valence-corrected chi connectivity index (χ0v) is 31.4. The van der Waals surface area contributed by atoms with E-state index in [1.54, 1.807) is 46.8 Å². The van der Waals surface area contributed by atoms with Crippen molar-refractivity contribution in [2.75, 3.05) is 39.2 Å². The number of aromatic hydroxyl groups is 1. The molecule has 54 heavy (non-hydrogen) atoms. The van der Waals surface area contributed by atoms with Crippen LogP contribution in [0, 0.1) is 0 Å². The molecule has 0 radical (unpaired) electrons. The number of nitrogens with zero attached hydrogens (tertiary/aromatic N) is 2. The third kappa shape index (κ3) is 9.21. The van der Waals surface area contributed by atoms with E-state index in [4.69, 9.17) is 9.47 Å². The highest BCUT2D eigenvalue weighted by Gasteiger charge is 2.39. The van der Waals surface area contributed by atoms with E-state index in [1.807, 2.05) is 66.7 Å². The minimum atomic E-state index is -0.647. The van der Waals surface area contributed by atoms with E-state index in [-0.39, 0.29) is 36.3 Å². The first-order chi connectivity index (χ1) is 26.2. The number of likely N-dealkylation sites (N-methyl/N-ethyl adjacent to an activating group) is 1. The number of rotatable bonds is 16. The molecule has 0 aromatic heterocycles. The van der Waals surface area contributed by atoms with Gasteiger partial charge in [-0.05, 0) is 82.6 Å². The molecule has 4 amide bonds. The van der Waals surface area contributed by atoms with Crippen molar-refractivity contribution in [2.24, 2.45) is 0 Å². The van der Waals surface area contributed by atoms with Crippen molar-refractivity contribution in [3.05, 3.63) is 125 Å². The summed E-state index contributed by atoms with van der Waals surface area (Å²) in [7, 11) is 1.75. The average Bonchev–Trinajstić information content (AvgIpc) is 3.52. The summed E-state index contributed by atoms with van der Waals surface area (Å²) in [5.41, 5.74) is 6.98. The Morgan fingerprint density at radius 2 is 1.61 bits per heavy atom. The third-order valence-electron chi connectivity index (χ3n) is 9.68. The molecule has 11 heteroatoms. The second-order valence-electron chi connectivity index (χ2n) is 13.2. The molecule has 0 saturated carbocycles. The molecule has 6 rings (SSSR count). The van der Waals surface area contributed by atoms with Crippen LogP contribution in [0.1, 0.15) is 65.2 Å². The number of carbonyl (C=O) groups excluding carboxylic acids is 4. The highest BCUT2D eigenvalue weighted by molar-refractivity contribution is 7.99. The molecule has 2 aliphatic heterocycles. The number of phenolic OH excluding ortho intramolecular Hbond substituents is 1. The lowest BCUT2D eigenvalue weighted by Gasteiger charge is -2.29. The van der Waals surface area contributed by atoms with E-state index in [2.05, 4.69) is 24.4 Å². The van der Waals surface area contributed by atoms with E-state index in [0.717, 1.165) is 39.1 Å². The SMILES string of the molecule is CCC(=C(c1ccc(O)cc1)c1ccc(OCCN(C)C(=O)CCOCCSc2cccc3c2CN(C2CCC(=O)NC2=O)C3=O)cc1)c1ccccc1. The van der Waals surface area contributed by atoms with E-state index in [1.165, 1.54) is 5.57 Å². The summed E-state index contributed by atoms with van der Waals surface area (Å²) in [6, 6.07) is 30.5. The van der Waals surface area contributed by atoms with E-state index in [0.29, 0.717) is 56.4 Å². The van der Waals surface area contributed by atoms with Gasteiger partial charge in [-0.1, -0.05) is 67.6 Å². The summed E-state index contributed by atoms with van der Waals surface area (Å²) in [5, 5.41) is 12.3. The Kier molecular flexibility index (Phi) is 12.8. The van der Waals surface area contributed by atoms with Gasteiger partial charge in [0.05, 0.1) is 26.2 Å². The standard InChI is InChI=1S/C43H45N3O7S/c1-3-34(29-8-5-4-6-9-29)41(30-12-16-32(47)17-13-30)31-14-18-33(19-15-31)53-25-23-45(2)40(49)22-24-52-26-27-54-38-11-7-10-35-36(38)28-46(43(35)51)37-20-21-39(48)44-42(37)50/h4-19,37,47H,3,20-28H2,1-2H3,(H,44,48,50). The Balaban J connectivity index is 0.934. The molecule has 1 atom stereocenters. The largest absolute Gasteiger partial charge is 0.508 e. The van der Waals surface area contributed by atoms with Crippen LogP contribution in [0.4, 0.5) is 0 Å². The topological polar surface area (TPSA) is 125 Å². The van der Waals surface area contributed by atoms with Gasteiger partial charge in [-0.2, -0.15) is 0 Å². The number of thioether (sulfide) groups is 1. The van der Waals surface area contributed by atoms with Crippen molar-refractivity contribution in [1.29, 1.82) is 0 Å². The second kappa shape index (κ2) is 18.1. The van der Waals surface area contributed by atoms with Crippen LogP contribution in [0.25, 0.3) is 11.1 Å². The number of piperidine rings is 1. The maximum absolute atomic E-state index is 13.1. The van der Waals surface area contributed by atoms with Crippen LogP contribution < -0.4 is 10.1 Å². The number of amides is 4. The second-order valence-corrected chi connectivity index (χ2v) is 14.3. The first-order valence-electron chi connectivity index (χ1n) is 18.3. The van der Waals surface area contributed by atoms with Gasteiger partial charge in [0.25, 0.3) is 5.91 Å². The van der Waals surface area contributed by atoms with Gasteiger partial charge in [-0.3, -0.25) is 24.5 Å². The van der Waals surface area contributed by atoms with Crippen molar-refractivity contribution in [3.63, 3.8) is 0 Å². The summed E-state index contributed by atoms with van der Waals surface area (Å²) in [4.78, 5) is 54.0. The van der Waals surface area contributed by atoms with Gasteiger partial charge in [0, 0.05) is 36.2 Å². The Bertz CT molecular complexity index is 2000. The first kappa shape index (κ1) is 38.3.